The normalized spacial score (nSPS) is 16.9. The summed E-state index contributed by atoms with van der Waals surface area (Å²) in [5, 5.41) is 0.659. The predicted octanol–water partition coefficient (Wildman–Crippen LogP) is 4.26. The molecule has 0 atom stereocenters. The van der Waals surface area contributed by atoms with Crippen molar-refractivity contribution in [1.29, 1.82) is 0 Å². The van der Waals surface area contributed by atoms with Gasteiger partial charge in [0.2, 0.25) is 5.91 Å². The highest BCUT2D eigenvalue weighted by Crippen LogP contribution is 2.38. The summed E-state index contributed by atoms with van der Waals surface area (Å²) in [6.45, 7) is 3.02. The van der Waals surface area contributed by atoms with Crippen LogP contribution in [0.3, 0.4) is 0 Å². The highest BCUT2D eigenvalue weighted by Gasteiger charge is 2.39. The molecule has 2 aromatic rings. The Labute approximate surface area is 141 Å². The molecule has 1 amide bonds. The summed E-state index contributed by atoms with van der Waals surface area (Å²) in [6, 6.07) is 17.7. The third-order valence-corrected chi connectivity index (χ3v) is 4.66. The zero-order valence-corrected chi connectivity index (χ0v) is 13.9. The molecule has 0 N–H and O–H groups in total. The van der Waals surface area contributed by atoms with Crippen molar-refractivity contribution >= 4 is 17.5 Å². The Morgan fingerprint density at radius 3 is 2.39 bits per heavy atom. The first-order chi connectivity index (χ1) is 11.1. The van der Waals surface area contributed by atoms with Crippen LogP contribution < -0.4 is 4.74 Å². The van der Waals surface area contributed by atoms with E-state index in [2.05, 4.69) is 12.1 Å². The fourth-order valence-electron chi connectivity index (χ4n) is 3.13. The molecule has 0 saturated carbocycles. The molecule has 1 saturated heterocycles. The zero-order chi connectivity index (χ0) is 16.3. The minimum absolute atomic E-state index is 0.120. The number of ether oxygens (including phenoxy) is 1. The van der Waals surface area contributed by atoms with Crippen LogP contribution in [-0.2, 0) is 10.4 Å². The molecule has 1 aliphatic heterocycles. The van der Waals surface area contributed by atoms with Crippen LogP contribution in [0, 0.1) is 0 Å². The zero-order valence-electron chi connectivity index (χ0n) is 13.2. The molecule has 0 unspecified atom stereocenters. The van der Waals surface area contributed by atoms with Crippen molar-refractivity contribution in [3.63, 3.8) is 0 Å². The van der Waals surface area contributed by atoms with Gasteiger partial charge in [0.15, 0.2) is 0 Å². The number of halogens is 1. The predicted molar refractivity (Wildman–Crippen MR) is 91.7 cm³/mol. The van der Waals surface area contributed by atoms with E-state index >= 15 is 0 Å². The lowest BCUT2D eigenvalue weighted by atomic mass is 9.84. The monoisotopic (exact) mass is 329 g/mol. The van der Waals surface area contributed by atoms with Crippen molar-refractivity contribution in [2.24, 2.45) is 0 Å². The number of benzene rings is 2. The molecule has 1 aliphatic rings. The smallest absolute Gasteiger partial charge is 0.219 e. The Balaban J connectivity index is 1.90. The molecule has 3 nitrogen and oxygen atoms in total. The molecular formula is C19H20ClNO2. The van der Waals surface area contributed by atoms with Crippen molar-refractivity contribution in [2.75, 3.05) is 13.1 Å². The minimum atomic E-state index is -0.419. The number of carbonyl (C=O) groups excluding carboxylic acids is 1. The molecule has 2 aromatic carbocycles. The summed E-state index contributed by atoms with van der Waals surface area (Å²) < 4.78 is 6.42. The van der Waals surface area contributed by atoms with Crippen LogP contribution in [0.15, 0.2) is 54.6 Å². The third kappa shape index (κ3) is 3.50. The Morgan fingerprint density at radius 2 is 1.78 bits per heavy atom. The number of carbonyl (C=O) groups is 1. The van der Waals surface area contributed by atoms with E-state index in [1.165, 1.54) is 0 Å². The highest BCUT2D eigenvalue weighted by molar-refractivity contribution is 6.30. The van der Waals surface area contributed by atoms with E-state index in [1.807, 2.05) is 47.4 Å². The van der Waals surface area contributed by atoms with Gasteiger partial charge in [-0.1, -0.05) is 48.0 Å². The van der Waals surface area contributed by atoms with Gasteiger partial charge in [-0.05, 0) is 23.8 Å². The summed E-state index contributed by atoms with van der Waals surface area (Å²) in [5.41, 5.74) is 0.723. The van der Waals surface area contributed by atoms with Crippen molar-refractivity contribution in [2.45, 2.75) is 25.4 Å². The number of amides is 1. The number of piperidine rings is 1. The topological polar surface area (TPSA) is 29.5 Å². The molecule has 0 aromatic heterocycles. The van der Waals surface area contributed by atoms with Crippen LogP contribution in [0.1, 0.15) is 25.3 Å². The average Bonchev–Trinajstić information content (AvgIpc) is 2.56. The van der Waals surface area contributed by atoms with Crippen LogP contribution in [0.2, 0.25) is 5.02 Å². The van der Waals surface area contributed by atoms with E-state index in [0.717, 1.165) is 24.2 Å². The van der Waals surface area contributed by atoms with Crippen molar-refractivity contribution in [3.8, 4) is 5.75 Å². The molecule has 0 radical (unpaired) electrons. The van der Waals surface area contributed by atoms with Gasteiger partial charge in [0.25, 0.3) is 0 Å². The second kappa shape index (κ2) is 6.63. The fourth-order valence-corrected chi connectivity index (χ4v) is 3.31. The van der Waals surface area contributed by atoms with E-state index in [-0.39, 0.29) is 5.91 Å². The van der Waals surface area contributed by atoms with Crippen LogP contribution in [-0.4, -0.2) is 23.9 Å². The number of hydrogen-bond acceptors (Lipinski definition) is 2. The maximum absolute atomic E-state index is 11.6. The second-order valence-corrected chi connectivity index (χ2v) is 6.36. The maximum Gasteiger partial charge on any atom is 0.219 e. The lowest BCUT2D eigenvalue weighted by Gasteiger charge is -2.42. The third-order valence-electron chi connectivity index (χ3n) is 4.43. The molecule has 0 bridgehead atoms. The first-order valence-electron chi connectivity index (χ1n) is 7.85. The minimum Gasteiger partial charge on any atom is -0.482 e. The van der Waals surface area contributed by atoms with Crippen LogP contribution in [0.4, 0.5) is 0 Å². The summed E-state index contributed by atoms with van der Waals surface area (Å²) in [4.78, 5) is 13.5. The molecule has 120 valence electrons. The maximum atomic E-state index is 11.6. The molecule has 0 aliphatic carbocycles. The van der Waals surface area contributed by atoms with Gasteiger partial charge in [-0.25, -0.2) is 0 Å². The standard InChI is InChI=1S/C19H20ClNO2/c1-15(22)21-12-10-19(11-13-21,16-6-3-2-4-7-16)23-18-9-5-8-17(20)14-18/h2-9,14H,10-13H2,1H3. The number of likely N-dealkylation sites (tertiary alicyclic amines) is 1. The van der Waals surface area contributed by atoms with E-state index in [4.69, 9.17) is 16.3 Å². The summed E-state index contributed by atoms with van der Waals surface area (Å²) in [7, 11) is 0. The van der Waals surface area contributed by atoms with Gasteiger partial charge in [-0.2, -0.15) is 0 Å². The Morgan fingerprint density at radius 1 is 1.09 bits per heavy atom. The fraction of sp³-hybridized carbons (Fsp3) is 0.316. The van der Waals surface area contributed by atoms with E-state index < -0.39 is 5.60 Å². The number of nitrogens with zero attached hydrogens (tertiary/aromatic N) is 1. The quantitative estimate of drug-likeness (QED) is 0.842. The Kier molecular flexibility index (Phi) is 4.58. The number of hydrogen-bond donors (Lipinski definition) is 0. The van der Waals surface area contributed by atoms with E-state index in [1.54, 1.807) is 6.92 Å². The Bertz CT molecular complexity index is 679. The number of rotatable bonds is 3. The van der Waals surface area contributed by atoms with Gasteiger partial charge in [0, 0.05) is 37.9 Å². The summed E-state index contributed by atoms with van der Waals surface area (Å²) in [6.07, 6.45) is 1.53. The van der Waals surface area contributed by atoms with Gasteiger partial charge < -0.3 is 9.64 Å². The van der Waals surface area contributed by atoms with Gasteiger partial charge >= 0.3 is 0 Å². The highest BCUT2D eigenvalue weighted by atomic mass is 35.5. The molecule has 1 heterocycles. The van der Waals surface area contributed by atoms with Gasteiger partial charge in [0.05, 0.1) is 0 Å². The molecule has 1 fully saturated rings. The largest absolute Gasteiger partial charge is 0.482 e. The molecule has 3 rings (SSSR count). The average molecular weight is 330 g/mol. The first-order valence-corrected chi connectivity index (χ1v) is 8.22. The van der Waals surface area contributed by atoms with Crippen LogP contribution >= 0.6 is 11.6 Å². The lowest BCUT2D eigenvalue weighted by molar-refractivity contribution is -0.132. The molecule has 4 heteroatoms. The van der Waals surface area contributed by atoms with Gasteiger partial charge in [0.1, 0.15) is 11.4 Å². The summed E-state index contributed by atoms with van der Waals surface area (Å²) in [5.74, 6) is 0.882. The van der Waals surface area contributed by atoms with Crippen molar-refractivity contribution in [3.05, 3.63) is 65.2 Å². The summed E-state index contributed by atoms with van der Waals surface area (Å²) >= 11 is 6.09. The first kappa shape index (κ1) is 15.9. The van der Waals surface area contributed by atoms with Crippen molar-refractivity contribution in [1.82, 2.24) is 4.90 Å². The van der Waals surface area contributed by atoms with Gasteiger partial charge in [-0.15, -0.1) is 0 Å². The van der Waals surface area contributed by atoms with Crippen molar-refractivity contribution < 1.29 is 9.53 Å². The van der Waals surface area contributed by atoms with Crippen LogP contribution in [0.25, 0.3) is 0 Å². The molecular weight excluding hydrogens is 310 g/mol. The molecule has 23 heavy (non-hydrogen) atoms. The lowest BCUT2D eigenvalue weighted by Crippen LogP contribution is -2.47. The SMILES string of the molecule is CC(=O)N1CCC(Oc2cccc(Cl)c2)(c2ccccc2)CC1. The van der Waals surface area contributed by atoms with E-state index in [9.17, 15) is 4.79 Å². The second-order valence-electron chi connectivity index (χ2n) is 5.93. The molecule has 0 spiro atoms. The Hall–Kier alpha value is -2.00. The van der Waals surface area contributed by atoms with E-state index in [0.29, 0.717) is 18.1 Å². The van der Waals surface area contributed by atoms with Crippen LogP contribution in [0.5, 0.6) is 5.75 Å². The van der Waals surface area contributed by atoms with Gasteiger partial charge in [-0.3, -0.25) is 4.79 Å².